The normalized spacial score (nSPS) is 14.9. The fraction of sp³-hybridized carbons (Fsp3) is 0.259. The van der Waals surface area contributed by atoms with Gasteiger partial charge in [-0.05, 0) is 66.9 Å². The fourth-order valence-electron chi connectivity index (χ4n) is 4.46. The van der Waals surface area contributed by atoms with Gasteiger partial charge in [0.15, 0.2) is 0 Å². The number of aromatic nitrogens is 1. The number of halogens is 1. The van der Waals surface area contributed by atoms with E-state index in [2.05, 4.69) is 20.1 Å². The smallest absolute Gasteiger partial charge is 0.251 e. The number of pyridine rings is 1. The van der Waals surface area contributed by atoms with E-state index in [-0.39, 0.29) is 17.8 Å². The van der Waals surface area contributed by atoms with Crippen LogP contribution in [0.2, 0.25) is 0 Å². The lowest BCUT2D eigenvalue weighted by Gasteiger charge is -2.37. The molecule has 1 saturated heterocycles. The molecule has 174 valence electrons. The van der Waals surface area contributed by atoms with E-state index in [1.807, 2.05) is 61.7 Å². The van der Waals surface area contributed by atoms with E-state index in [0.717, 1.165) is 54.2 Å². The zero-order chi connectivity index (χ0) is 23.5. The van der Waals surface area contributed by atoms with Gasteiger partial charge in [0.05, 0.1) is 6.26 Å². The molecule has 0 aliphatic carbocycles. The highest BCUT2D eigenvalue weighted by Gasteiger charge is 2.21. The van der Waals surface area contributed by atoms with Crippen LogP contribution in [0.1, 0.15) is 23.0 Å². The summed E-state index contributed by atoms with van der Waals surface area (Å²) in [6.07, 6.45) is 4.09. The van der Waals surface area contributed by atoms with Gasteiger partial charge in [-0.3, -0.25) is 4.79 Å². The molecule has 0 bridgehead atoms. The van der Waals surface area contributed by atoms with Crippen molar-refractivity contribution < 1.29 is 13.6 Å². The maximum atomic E-state index is 13.3. The Hall–Kier alpha value is -3.87. The third-order valence-electron chi connectivity index (χ3n) is 6.24. The van der Waals surface area contributed by atoms with E-state index in [1.165, 1.54) is 12.1 Å². The molecule has 34 heavy (non-hydrogen) atoms. The van der Waals surface area contributed by atoms with Crippen molar-refractivity contribution in [1.29, 1.82) is 0 Å². The molecule has 0 spiro atoms. The Morgan fingerprint density at radius 1 is 1.06 bits per heavy atom. The molecule has 6 nitrogen and oxygen atoms in total. The van der Waals surface area contributed by atoms with Gasteiger partial charge < -0.3 is 19.5 Å². The molecular weight excluding hydrogens is 431 g/mol. The first kappa shape index (κ1) is 21.9. The lowest BCUT2D eigenvalue weighted by atomic mass is 10.1. The van der Waals surface area contributed by atoms with E-state index in [0.29, 0.717) is 12.0 Å². The SMILES string of the molecule is CC(Cc1ccco1)NC(=O)c1ccc2ccnc(N3CCN(c4ccc(F)cc4)CC3)c2c1. The zero-order valence-electron chi connectivity index (χ0n) is 19.1. The molecule has 3 heterocycles. The van der Waals surface area contributed by atoms with E-state index in [4.69, 9.17) is 4.42 Å². The number of piperazine rings is 1. The lowest BCUT2D eigenvalue weighted by Crippen LogP contribution is -2.46. The Balaban J connectivity index is 1.31. The number of benzene rings is 2. The number of anilines is 2. The standard InChI is InChI=1S/C27H27FN4O2/c1-19(17-24-3-2-16-34-24)30-27(33)21-5-4-20-10-11-29-26(25(20)18-21)32-14-12-31(13-15-32)23-8-6-22(28)7-9-23/h2-11,16,18-19H,12-15,17H2,1H3,(H,30,33). The number of amides is 1. The highest BCUT2D eigenvalue weighted by Crippen LogP contribution is 2.27. The minimum absolute atomic E-state index is 0.0535. The van der Waals surface area contributed by atoms with Crippen LogP contribution in [0.4, 0.5) is 15.9 Å². The van der Waals surface area contributed by atoms with Crippen molar-refractivity contribution in [3.63, 3.8) is 0 Å². The van der Waals surface area contributed by atoms with Crippen molar-refractivity contribution in [1.82, 2.24) is 10.3 Å². The van der Waals surface area contributed by atoms with Crippen molar-refractivity contribution in [2.24, 2.45) is 0 Å². The van der Waals surface area contributed by atoms with E-state index in [1.54, 1.807) is 6.26 Å². The molecule has 2 aromatic heterocycles. The molecule has 1 fully saturated rings. The van der Waals surface area contributed by atoms with Gasteiger partial charge in [-0.25, -0.2) is 9.37 Å². The predicted octanol–water partition coefficient (Wildman–Crippen LogP) is 4.65. The summed E-state index contributed by atoms with van der Waals surface area (Å²) in [6, 6.07) is 18.1. The maximum Gasteiger partial charge on any atom is 0.251 e. The molecule has 4 aromatic rings. The van der Waals surface area contributed by atoms with Crippen molar-refractivity contribution in [3.05, 3.63) is 90.3 Å². The van der Waals surface area contributed by atoms with Gasteiger partial charge >= 0.3 is 0 Å². The van der Waals surface area contributed by atoms with Crippen LogP contribution in [-0.4, -0.2) is 43.1 Å². The van der Waals surface area contributed by atoms with Crippen molar-refractivity contribution in [2.75, 3.05) is 36.0 Å². The van der Waals surface area contributed by atoms with Gasteiger partial charge in [-0.15, -0.1) is 0 Å². The van der Waals surface area contributed by atoms with Crippen LogP contribution in [-0.2, 0) is 6.42 Å². The monoisotopic (exact) mass is 458 g/mol. The minimum atomic E-state index is -0.224. The van der Waals surface area contributed by atoms with Crippen LogP contribution in [0.5, 0.6) is 0 Å². The third kappa shape index (κ3) is 4.73. The van der Waals surface area contributed by atoms with E-state index < -0.39 is 0 Å². The topological polar surface area (TPSA) is 61.6 Å². The molecule has 1 aliphatic heterocycles. The number of rotatable bonds is 6. The van der Waals surface area contributed by atoms with E-state index >= 15 is 0 Å². The molecule has 1 N–H and O–H groups in total. The highest BCUT2D eigenvalue weighted by molar-refractivity contribution is 6.01. The number of hydrogen-bond acceptors (Lipinski definition) is 5. The Kier molecular flexibility index (Phi) is 6.16. The van der Waals surface area contributed by atoms with Crippen LogP contribution in [0.3, 0.4) is 0 Å². The summed E-state index contributed by atoms with van der Waals surface area (Å²) in [5.41, 5.74) is 1.63. The van der Waals surface area contributed by atoms with Gasteiger partial charge in [-0.2, -0.15) is 0 Å². The number of hydrogen-bond donors (Lipinski definition) is 1. The van der Waals surface area contributed by atoms with Crippen LogP contribution in [0.25, 0.3) is 10.8 Å². The average Bonchev–Trinajstić information content (AvgIpc) is 3.37. The summed E-state index contributed by atoms with van der Waals surface area (Å²) >= 11 is 0. The molecule has 1 atom stereocenters. The van der Waals surface area contributed by atoms with Crippen LogP contribution >= 0.6 is 0 Å². The first-order chi connectivity index (χ1) is 16.6. The second kappa shape index (κ2) is 9.55. The first-order valence-corrected chi connectivity index (χ1v) is 11.5. The van der Waals surface area contributed by atoms with Crippen molar-refractivity contribution >= 4 is 28.2 Å². The fourth-order valence-corrected chi connectivity index (χ4v) is 4.46. The number of fused-ring (bicyclic) bond motifs is 1. The summed E-state index contributed by atoms with van der Waals surface area (Å²) < 4.78 is 18.6. The largest absolute Gasteiger partial charge is 0.469 e. The molecular formula is C27H27FN4O2. The predicted molar refractivity (Wildman–Crippen MR) is 132 cm³/mol. The zero-order valence-corrected chi connectivity index (χ0v) is 19.1. The average molecular weight is 459 g/mol. The molecule has 1 aliphatic rings. The molecule has 2 aromatic carbocycles. The number of furan rings is 1. The third-order valence-corrected chi connectivity index (χ3v) is 6.24. The molecule has 0 saturated carbocycles. The van der Waals surface area contributed by atoms with Gasteiger partial charge in [0.25, 0.3) is 5.91 Å². The maximum absolute atomic E-state index is 13.3. The molecule has 7 heteroatoms. The summed E-state index contributed by atoms with van der Waals surface area (Å²) in [5.74, 6) is 1.39. The Morgan fingerprint density at radius 2 is 1.82 bits per heavy atom. The summed E-state index contributed by atoms with van der Waals surface area (Å²) in [5, 5.41) is 5.07. The van der Waals surface area contributed by atoms with Crippen molar-refractivity contribution in [3.8, 4) is 0 Å². The Bertz CT molecular complexity index is 1270. The van der Waals surface area contributed by atoms with E-state index in [9.17, 15) is 9.18 Å². The molecule has 1 amide bonds. The Morgan fingerprint density at radius 3 is 2.56 bits per heavy atom. The summed E-state index contributed by atoms with van der Waals surface area (Å²) in [7, 11) is 0. The molecule has 0 radical (unpaired) electrons. The second-order valence-electron chi connectivity index (χ2n) is 8.68. The highest BCUT2D eigenvalue weighted by atomic mass is 19.1. The van der Waals surface area contributed by atoms with Crippen LogP contribution < -0.4 is 15.1 Å². The van der Waals surface area contributed by atoms with Gasteiger partial charge in [-0.1, -0.05) is 6.07 Å². The first-order valence-electron chi connectivity index (χ1n) is 11.5. The number of nitrogens with one attached hydrogen (secondary N) is 1. The summed E-state index contributed by atoms with van der Waals surface area (Å²) in [6.45, 7) is 5.18. The van der Waals surface area contributed by atoms with Gasteiger partial charge in [0.1, 0.15) is 17.4 Å². The number of carbonyl (C=O) groups excluding carboxylic acids is 1. The number of carbonyl (C=O) groups is 1. The lowest BCUT2D eigenvalue weighted by molar-refractivity contribution is 0.0939. The minimum Gasteiger partial charge on any atom is -0.469 e. The van der Waals surface area contributed by atoms with Gasteiger partial charge in [0, 0.05) is 61.5 Å². The quantitative estimate of drug-likeness (QED) is 0.456. The molecule has 1 unspecified atom stereocenters. The molecule has 5 rings (SSSR count). The van der Waals surface area contributed by atoms with Crippen LogP contribution in [0, 0.1) is 5.82 Å². The van der Waals surface area contributed by atoms with Crippen LogP contribution in [0.15, 0.2) is 77.5 Å². The Labute approximate surface area is 198 Å². The van der Waals surface area contributed by atoms with Crippen molar-refractivity contribution in [2.45, 2.75) is 19.4 Å². The summed E-state index contributed by atoms with van der Waals surface area (Å²) in [4.78, 5) is 22.1. The number of nitrogens with zero attached hydrogens (tertiary/aromatic N) is 3. The van der Waals surface area contributed by atoms with Gasteiger partial charge in [0.2, 0.25) is 0 Å². The second-order valence-corrected chi connectivity index (χ2v) is 8.68.